The molecule has 3 aromatic rings. The van der Waals surface area contributed by atoms with Crippen LogP contribution in [0, 0.1) is 0 Å². The van der Waals surface area contributed by atoms with Crippen LogP contribution in [0.2, 0.25) is 0 Å². The Labute approximate surface area is 206 Å². The van der Waals surface area contributed by atoms with Crippen molar-refractivity contribution in [3.05, 3.63) is 52.4 Å². The van der Waals surface area contributed by atoms with Crippen LogP contribution in [0.15, 0.2) is 56.3 Å². The van der Waals surface area contributed by atoms with E-state index in [1.54, 1.807) is 11.3 Å². The summed E-state index contributed by atoms with van der Waals surface area (Å²) >= 11 is 2.93. The maximum Gasteiger partial charge on any atom is 0.292 e. The van der Waals surface area contributed by atoms with Gasteiger partial charge in [0.25, 0.3) is 17.8 Å². The summed E-state index contributed by atoms with van der Waals surface area (Å²) < 4.78 is 6.78. The maximum atomic E-state index is 12.9. The minimum absolute atomic E-state index is 0.0269. The van der Waals surface area contributed by atoms with Crippen LogP contribution in [0.1, 0.15) is 5.69 Å². The van der Waals surface area contributed by atoms with E-state index in [1.165, 1.54) is 18.9 Å². The quantitative estimate of drug-likeness (QED) is 0.178. The Morgan fingerprint density at radius 1 is 1.43 bits per heavy atom. The second-order valence-electron chi connectivity index (χ2n) is 7.69. The summed E-state index contributed by atoms with van der Waals surface area (Å²) in [5.41, 5.74) is 5.62. The van der Waals surface area contributed by atoms with Gasteiger partial charge in [-0.3, -0.25) is 14.5 Å². The van der Waals surface area contributed by atoms with Crippen molar-refractivity contribution in [3.8, 4) is 0 Å². The second-order valence-corrected chi connectivity index (χ2v) is 9.54. The van der Waals surface area contributed by atoms with Gasteiger partial charge in [0.1, 0.15) is 30.5 Å². The molecular weight excluding hydrogens is 496 g/mol. The standard InChI is InChI=1S/C21H18N6O6S2/c1-32-25-14(13-6-33-21(22)23-13)17(28)24-15-18(29)27-16(20(30)31)12(9-35-19(15)27)5-26-3-2-10-7-34-8-11(10)4-26/h2-4,6-8,15,19H,5,9H2,1H3,(H3-,22,23,24,28,30,31)/b25-14-/t15?,19-/m1/s1. The molecule has 0 aliphatic carbocycles. The number of fused-ring (bicyclic) bond motifs is 2. The molecule has 2 aliphatic rings. The Kier molecular flexibility index (Phi) is 5.90. The molecule has 12 nitrogen and oxygen atoms in total. The zero-order chi connectivity index (χ0) is 24.7. The average Bonchev–Trinajstić information content (AvgIpc) is 3.48. The summed E-state index contributed by atoms with van der Waals surface area (Å²) in [6.07, 6.45) is 4.92. The van der Waals surface area contributed by atoms with Crippen molar-refractivity contribution in [2.45, 2.75) is 18.0 Å². The number of oxime groups is 1. The van der Waals surface area contributed by atoms with Crippen molar-refractivity contribution in [3.63, 3.8) is 0 Å². The summed E-state index contributed by atoms with van der Waals surface area (Å²) in [6.45, 7) is 0.286. The number of β-lactam (4-membered cyclic amide) rings is 1. The van der Waals surface area contributed by atoms with Gasteiger partial charge in [-0.05, 0) is 5.38 Å². The molecule has 2 atom stereocenters. The Morgan fingerprint density at radius 3 is 2.94 bits per heavy atom. The number of carboxylic acids is 1. The van der Waals surface area contributed by atoms with Gasteiger partial charge >= 0.3 is 0 Å². The molecule has 14 heteroatoms. The maximum absolute atomic E-state index is 12.9. The summed E-state index contributed by atoms with van der Waals surface area (Å²) in [6, 6.07) is 0.813. The van der Waals surface area contributed by atoms with Gasteiger partial charge in [-0.2, -0.15) is 16.3 Å². The molecule has 0 radical (unpaired) electrons. The van der Waals surface area contributed by atoms with Crippen LogP contribution in [0.4, 0.5) is 6.01 Å². The third-order valence-corrected chi connectivity index (χ3v) is 7.66. The molecule has 2 aliphatic heterocycles. The number of nitrogens with one attached hydrogen (secondary N) is 1. The van der Waals surface area contributed by atoms with Crippen LogP contribution >= 0.6 is 23.1 Å². The molecule has 5 rings (SSSR count). The molecule has 0 aromatic carbocycles. The van der Waals surface area contributed by atoms with Gasteiger partial charge in [-0.25, -0.2) is 4.57 Å². The first-order valence-corrected chi connectivity index (χ1v) is 12.2. The molecule has 180 valence electrons. The molecule has 2 amide bonds. The second kappa shape index (κ2) is 9.03. The fourth-order valence-corrected chi connectivity index (χ4v) is 6.08. The van der Waals surface area contributed by atoms with E-state index < -0.39 is 29.2 Å². The predicted octanol–water partition coefficient (Wildman–Crippen LogP) is -0.786. The minimum atomic E-state index is -1.44. The van der Waals surface area contributed by atoms with E-state index in [0.29, 0.717) is 11.3 Å². The number of carbonyl (C=O) groups is 3. The number of aliphatic carboxylic acids is 1. The number of rotatable bonds is 7. The predicted molar refractivity (Wildman–Crippen MR) is 124 cm³/mol. The van der Waals surface area contributed by atoms with E-state index in [4.69, 9.17) is 15.0 Å². The molecule has 1 fully saturated rings. The zero-order valence-electron chi connectivity index (χ0n) is 18.2. The number of thioether (sulfide) groups is 1. The van der Waals surface area contributed by atoms with E-state index >= 15 is 0 Å². The number of hydrogen-bond acceptors (Lipinski definition) is 11. The normalized spacial score (nSPS) is 20.0. The van der Waals surface area contributed by atoms with Crippen LogP contribution in [0.5, 0.6) is 0 Å². The van der Waals surface area contributed by atoms with Crippen molar-refractivity contribution in [1.29, 1.82) is 0 Å². The molecule has 0 spiro atoms. The third-order valence-electron chi connectivity index (χ3n) is 5.54. The molecule has 3 N–H and O–H groups in total. The van der Waals surface area contributed by atoms with Crippen molar-refractivity contribution >= 4 is 63.4 Å². The fraction of sp³-hybridized carbons (Fsp3) is 0.238. The number of nitrogens with two attached hydrogens (primary N) is 1. The van der Waals surface area contributed by atoms with Gasteiger partial charge in [0, 0.05) is 28.2 Å². The lowest BCUT2D eigenvalue weighted by atomic mass is 10.0. The van der Waals surface area contributed by atoms with E-state index in [9.17, 15) is 19.5 Å². The summed E-state index contributed by atoms with van der Waals surface area (Å²) in [5.74, 6) is -2.41. The Hall–Kier alpha value is -3.91. The lowest BCUT2D eigenvalue weighted by Crippen LogP contribution is -2.71. The number of carboxylic acid groups (broad SMARTS) is 1. The Morgan fingerprint density at radius 2 is 2.23 bits per heavy atom. The number of aromatic nitrogens is 2. The summed E-state index contributed by atoms with van der Waals surface area (Å²) in [5, 5.41) is 23.8. The zero-order valence-corrected chi connectivity index (χ0v) is 19.8. The number of carbonyl (C=O) groups excluding carboxylic acids is 3. The van der Waals surface area contributed by atoms with Crippen molar-refractivity contribution in [2.75, 3.05) is 18.6 Å². The van der Waals surface area contributed by atoms with Gasteiger partial charge in [0.2, 0.25) is 0 Å². The summed E-state index contributed by atoms with van der Waals surface area (Å²) in [7, 11) is 1.25. The van der Waals surface area contributed by atoms with Gasteiger partial charge < -0.3 is 30.2 Å². The lowest BCUT2D eigenvalue weighted by Gasteiger charge is -2.50. The first kappa shape index (κ1) is 22.9. The number of anilines is 1. The number of hydrogen-bond donors (Lipinski definition) is 2. The van der Waals surface area contributed by atoms with E-state index in [1.807, 2.05) is 33.8 Å². The molecule has 35 heavy (non-hydrogen) atoms. The lowest BCUT2D eigenvalue weighted by molar-refractivity contribution is -0.687. The number of nitrogens with zero attached hydrogens (tertiary/aromatic N) is 4. The number of amides is 2. The van der Waals surface area contributed by atoms with Gasteiger partial charge in [-0.15, -0.1) is 11.8 Å². The summed E-state index contributed by atoms with van der Waals surface area (Å²) in [4.78, 5) is 47.5. The minimum Gasteiger partial charge on any atom is -0.543 e. The van der Waals surface area contributed by atoms with Gasteiger partial charge in [0.15, 0.2) is 24.7 Å². The highest BCUT2D eigenvalue weighted by molar-refractivity contribution is 8.00. The molecule has 0 saturated carbocycles. The highest BCUT2D eigenvalue weighted by Gasteiger charge is 2.53. The van der Waals surface area contributed by atoms with Crippen LogP contribution in [-0.4, -0.2) is 57.7 Å². The highest BCUT2D eigenvalue weighted by Crippen LogP contribution is 2.40. The van der Waals surface area contributed by atoms with Crippen LogP contribution < -0.4 is 20.7 Å². The monoisotopic (exact) mass is 514 g/mol. The molecule has 0 bridgehead atoms. The van der Waals surface area contributed by atoms with E-state index in [-0.39, 0.29) is 29.7 Å². The van der Waals surface area contributed by atoms with E-state index in [0.717, 1.165) is 21.9 Å². The van der Waals surface area contributed by atoms with Crippen LogP contribution in [0.25, 0.3) is 10.8 Å². The van der Waals surface area contributed by atoms with Crippen molar-refractivity contribution in [2.24, 2.45) is 5.16 Å². The molecule has 5 heterocycles. The van der Waals surface area contributed by atoms with Crippen molar-refractivity contribution < 1.29 is 33.3 Å². The smallest absolute Gasteiger partial charge is 0.292 e. The highest BCUT2D eigenvalue weighted by atomic mass is 32.2. The molecular formula is C21H18N6O6S2. The average molecular weight is 515 g/mol. The van der Waals surface area contributed by atoms with Gasteiger partial charge in [-0.1, -0.05) is 5.16 Å². The van der Waals surface area contributed by atoms with Crippen molar-refractivity contribution in [1.82, 2.24) is 15.2 Å². The van der Waals surface area contributed by atoms with Crippen LogP contribution in [-0.2, 0) is 25.8 Å². The Balaban J connectivity index is 1.36. The number of oxazole rings is 1. The Bertz CT molecular complexity index is 1410. The van der Waals surface area contributed by atoms with E-state index in [2.05, 4.69) is 15.5 Å². The van der Waals surface area contributed by atoms with Gasteiger partial charge in [0.05, 0.1) is 17.1 Å². The SMILES string of the molecule is CO/N=C(\C(=O)NC1C(=O)N2C(C(=O)[O-])=C(C[n+]3ccc4cscc4c3)CS[C@H]12)c1coc(N)n1. The topological polar surface area (TPSA) is 167 Å². The fourth-order valence-electron chi connectivity index (χ4n) is 3.97. The molecule has 3 aromatic heterocycles. The van der Waals surface area contributed by atoms with Crippen LogP contribution in [0.3, 0.4) is 0 Å². The molecule has 1 unspecified atom stereocenters. The first-order chi connectivity index (χ1) is 16.9. The number of nitrogen functional groups attached to an aromatic ring is 1. The number of thiophene rings is 1. The first-order valence-electron chi connectivity index (χ1n) is 10.2. The third kappa shape index (κ3) is 4.10. The number of pyridine rings is 1. The molecule has 1 saturated heterocycles. The largest absolute Gasteiger partial charge is 0.543 e.